The van der Waals surface area contributed by atoms with Crippen molar-refractivity contribution in [3.63, 3.8) is 0 Å². The minimum atomic E-state index is -3.33. The van der Waals surface area contributed by atoms with E-state index in [1.807, 2.05) is 0 Å². The number of hydrogen-bond donors (Lipinski definition) is 2. The van der Waals surface area contributed by atoms with Gasteiger partial charge in [0.15, 0.2) is 17.6 Å². The number of pyridine rings is 2. The van der Waals surface area contributed by atoms with Crippen molar-refractivity contribution >= 4 is 26.6 Å². The van der Waals surface area contributed by atoms with E-state index in [1.54, 1.807) is 48.9 Å². The number of halogens is 3. The van der Waals surface area contributed by atoms with Gasteiger partial charge in [0.2, 0.25) is 0 Å². The molecule has 0 unspecified atom stereocenters. The minimum Gasteiger partial charge on any atom is -0.452 e. The Labute approximate surface area is 216 Å². The molecule has 1 aliphatic heterocycles. The normalized spacial score (nSPS) is 19.1. The monoisotopic (exact) mass is 547 g/mol. The van der Waals surface area contributed by atoms with Gasteiger partial charge in [-0.1, -0.05) is 24.3 Å². The van der Waals surface area contributed by atoms with Crippen LogP contribution < -0.4 is 4.74 Å². The van der Waals surface area contributed by atoms with Gasteiger partial charge in [-0.2, -0.15) is 18.1 Å². The molecule has 9 nitrogen and oxygen atoms in total. The highest BCUT2D eigenvalue weighted by molar-refractivity contribution is 7.92. The third-order valence-corrected chi connectivity index (χ3v) is 6.54. The van der Waals surface area contributed by atoms with E-state index in [4.69, 9.17) is 14.6 Å². The van der Waals surface area contributed by atoms with Gasteiger partial charge in [-0.15, -0.1) is 0 Å². The third-order valence-electron chi connectivity index (χ3n) is 5.88. The standard InChI is InChI=1S/C25H24F3N5O4S/c1-38(2,35)33-16-7-8-18(29-12-16)14-3-5-15(6-4-14)22-17(26)11-19-23(31-22)32-24(30-19)37-21-13-36-20(9-10-34)25(21,27)28/h3-8,11-12,20-21,34H,9-10,13H2,1-2H3,(H,30,31,32)/t20-,21-/m1/s1. The Hall–Kier alpha value is -3.55. The Morgan fingerprint density at radius 2 is 1.92 bits per heavy atom. The smallest absolute Gasteiger partial charge is 0.312 e. The molecule has 2 atom stereocenters. The van der Waals surface area contributed by atoms with Crippen LogP contribution in [0.5, 0.6) is 6.01 Å². The van der Waals surface area contributed by atoms with Crippen molar-refractivity contribution in [1.29, 1.82) is 0 Å². The second-order valence-corrected chi connectivity index (χ2v) is 11.6. The maximum absolute atomic E-state index is 14.9. The average Bonchev–Trinajstić information content (AvgIpc) is 3.38. The van der Waals surface area contributed by atoms with Gasteiger partial charge < -0.3 is 19.6 Å². The van der Waals surface area contributed by atoms with Gasteiger partial charge in [-0.05, 0) is 12.1 Å². The molecule has 0 amide bonds. The van der Waals surface area contributed by atoms with Crippen molar-refractivity contribution in [3.8, 4) is 28.5 Å². The molecule has 1 aliphatic rings. The van der Waals surface area contributed by atoms with Crippen molar-refractivity contribution in [2.24, 2.45) is 4.36 Å². The van der Waals surface area contributed by atoms with Crippen molar-refractivity contribution < 1.29 is 32.0 Å². The van der Waals surface area contributed by atoms with Crippen LogP contribution in [0.1, 0.15) is 6.42 Å². The first kappa shape index (κ1) is 26.1. The second kappa shape index (κ2) is 9.97. The van der Waals surface area contributed by atoms with E-state index in [1.165, 1.54) is 12.3 Å². The fourth-order valence-corrected chi connectivity index (χ4v) is 4.71. The molecule has 4 aromatic rings. The molecule has 5 rings (SSSR count). The number of aliphatic hydroxyl groups is 1. The molecule has 3 aromatic heterocycles. The predicted octanol–water partition coefficient (Wildman–Crippen LogP) is 4.35. The lowest BCUT2D eigenvalue weighted by molar-refractivity contribution is -0.110. The Kier molecular flexibility index (Phi) is 6.84. The molecule has 38 heavy (non-hydrogen) atoms. The van der Waals surface area contributed by atoms with Crippen LogP contribution in [0.4, 0.5) is 18.9 Å². The lowest BCUT2D eigenvalue weighted by atomic mass is 10.1. The predicted molar refractivity (Wildman–Crippen MR) is 135 cm³/mol. The first-order valence-electron chi connectivity index (χ1n) is 11.6. The number of nitrogens with zero attached hydrogens (tertiary/aromatic N) is 4. The molecule has 0 bridgehead atoms. The molecule has 0 radical (unpaired) electrons. The fourth-order valence-electron chi connectivity index (χ4n) is 4.09. The summed E-state index contributed by atoms with van der Waals surface area (Å²) in [5.74, 6) is -3.96. The van der Waals surface area contributed by atoms with Crippen LogP contribution in [-0.4, -0.2) is 73.1 Å². The molecular weight excluding hydrogens is 523 g/mol. The summed E-state index contributed by atoms with van der Waals surface area (Å²) in [5.41, 5.74) is 2.72. The largest absolute Gasteiger partial charge is 0.452 e. The summed E-state index contributed by atoms with van der Waals surface area (Å²) < 4.78 is 70.2. The molecule has 13 heteroatoms. The third kappa shape index (κ3) is 5.35. The van der Waals surface area contributed by atoms with Gasteiger partial charge in [-0.3, -0.25) is 4.98 Å². The van der Waals surface area contributed by atoms with Gasteiger partial charge >= 0.3 is 5.92 Å². The first-order valence-corrected chi connectivity index (χ1v) is 13.9. The summed E-state index contributed by atoms with van der Waals surface area (Å²) >= 11 is 0. The summed E-state index contributed by atoms with van der Waals surface area (Å²) in [6.45, 7) is -0.816. The molecule has 1 saturated heterocycles. The number of fused-ring (bicyclic) bond motifs is 1. The Morgan fingerprint density at radius 1 is 1.18 bits per heavy atom. The van der Waals surface area contributed by atoms with Crippen molar-refractivity contribution in [1.82, 2.24) is 19.9 Å². The van der Waals surface area contributed by atoms with Crippen LogP contribution in [0.15, 0.2) is 53.0 Å². The maximum atomic E-state index is 14.9. The van der Waals surface area contributed by atoms with Crippen LogP contribution in [-0.2, 0) is 14.5 Å². The van der Waals surface area contributed by atoms with Crippen LogP contribution >= 0.6 is 0 Å². The van der Waals surface area contributed by atoms with Gasteiger partial charge in [0.05, 0.1) is 29.7 Å². The van der Waals surface area contributed by atoms with Gasteiger partial charge in [0.1, 0.15) is 11.8 Å². The topological polar surface area (TPSA) is 123 Å². The summed E-state index contributed by atoms with van der Waals surface area (Å²) in [6.07, 6.45) is 1.32. The van der Waals surface area contributed by atoms with Crippen LogP contribution in [0, 0.1) is 5.82 Å². The average molecular weight is 548 g/mol. The van der Waals surface area contributed by atoms with Gasteiger partial charge in [0, 0.05) is 52.5 Å². The van der Waals surface area contributed by atoms with E-state index < -0.39 is 40.3 Å². The van der Waals surface area contributed by atoms with Gasteiger partial charge in [-0.25, -0.2) is 13.6 Å². The van der Waals surface area contributed by atoms with Crippen LogP contribution in [0.25, 0.3) is 33.7 Å². The summed E-state index contributed by atoms with van der Waals surface area (Å²) in [5, 5.41) is 8.96. The van der Waals surface area contributed by atoms with Crippen molar-refractivity contribution in [2.45, 2.75) is 24.6 Å². The number of hydrogen-bond acceptors (Lipinski definition) is 8. The molecule has 2 N–H and O–H groups in total. The highest BCUT2D eigenvalue weighted by Gasteiger charge is 2.55. The first-order chi connectivity index (χ1) is 18.0. The molecule has 200 valence electrons. The molecule has 4 heterocycles. The molecule has 1 aromatic carbocycles. The van der Waals surface area contributed by atoms with Crippen molar-refractivity contribution in [3.05, 3.63) is 54.5 Å². The zero-order chi connectivity index (χ0) is 27.1. The lowest BCUT2D eigenvalue weighted by Crippen LogP contribution is -2.42. The molecule has 0 saturated carbocycles. The van der Waals surface area contributed by atoms with E-state index in [0.717, 1.165) is 5.56 Å². The number of alkyl halides is 2. The van der Waals surface area contributed by atoms with Crippen molar-refractivity contribution in [2.75, 3.05) is 25.7 Å². The quantitative estimate of drug-likeness (QED) is 0.353. The zero-order valence-electron chi connectivity index (χ0n) is 20.4. The number of nitrogens with one attached hydrogen (secondary N) is 1. The van der Waals surface area contributed by atoms with E-state index in [-0.39, 0.29) is 35.9 Å². The number of rotatable bonds is 7. The lowest BCUT2D eigenvalue weighted by Gasteiger charge is -2.21. The number of H-pyrrole nitrogens is 1. The summed E-state index contributed by atoms with van der Waals surface area (Å²) in [7, 11) is -2.29. The van der Waals surface area contributed by atoms with Crippen LogP contribution in [0.2, 0.25) is 0 Å². The Morgan fingerprint density at radius 3 is 2.58 bits per heavy atom. The number of benzene rings is 1. The minimum absolute atomic E-state index is 0.0300. The maximum Gasteiger partial charge on any atom is 0.312 e. The van der Waals surface area contributed by atoms with E-state index in [9.17, 15) is 17.4 Å². The number of aromatic nitrogens is 4. The number of aromatic amines is 1. The van der Waals surface area contributed by atoms with Crippen LogP contribution in [0.3, 0.4) is 0 Å². The Bertz CT molecular complexity index is 1580. The van der Waals surface area contributed by atoms with E-state index in [0.29, 0.717) is 16.9 Å². The van der Waals surface area contributed by atoms with Gasteiger partial charge in [0.25, 0.3) is 6.01 Å². The highest BCUT2D eigenvalue weighted by atomic mass is 32.2. The molecular formula is C25H24F3N5O4S. The molecule has 1 fully saturated rings. The second-order valence-electron chi connectivity index (χ2n) is 9.10. The number of aliphatic hydroxyl groups excluding tert-OH is 1. The molecule has 0 spiro atoms. The fraction of sp³-hybridized carbons (Fsp3) is 0.320. The number of imidazole rings is 1. The van der Waals surface area contributed by atoms with E-state index in [2.05, 4.69) is 24.3 Å². The number of ether oxygens (including phenoxy) is 2. The Balaban J connectivity index is 1.36. The zero-order valence-corrected chi connectivity index (χ0v) is 21.2. The highest BCUT2D eigenvalue weighted by Crippen LogP contribution is 2.36. The SMILES string of the molecule is CS(C)(=O)=Nc1ccc(-c2ccc(-c3nc4nc(O[C@@H]5CO[C@H](CCO)C5(F)F)[nH]c4cc3F)cc2)nc1. The van der Waals surface area contributed by atoms with E-state index >= 15 is 0 Å². The summed E-state index contributed by atoms with van der Waals surface area (Å²) in [6, 6.07) is 11.3. The molecule has 0 aliphatic carbocycles. The summed E-state index contributed by atoms with van der Waals surface area (Å²) in [4.78, 5) is 15.4.